The zero-order valence-corrected chi connectivity index (χ0v) is 15.0. The Balaban J connectivity index is 1.70. The minimum Gasteiger partial charge on any atom is -0.333 e. The van der Waals surface area contributed by atoms with Crippen LogP contribution >= 0.6 is 0 Å². The summed E-state index contributed by atoms with van der Waals surface area (Å²) in [6.07, 6.45) is 1.03. The number of nitrogens with zero attached hydrogens (tertiary/aromatic N) is 1. The summed E-state index contributed by atoms with van der Waals surface area (Å²) in [7, 11) is 0. The first-order valence-electron chi connectivity index (χ1n) is 9.57. The molecular formula is C26H19N. The molecule has 1 heteroatoms. The lowest BCUT2D eigenvalue weighted by molar-refractivity contribution is 0.680. The Morgan fingerprint density at radius 1 is 0.556 bits per heavy atom. The van der Waals surface area contributed by atoms with Gasteiger partial charge in [0.2, 0.25) is 0 Å². The van der Waals surface area contributed by atoms with Gasteiger partial charge in [0.1, 0.15) is 0 Å². The van der Waals surface area contributed by atoms with Crippen molar-refractivity contribution in [3.05, 3.63) is 108 Å². The molecule has 0 amide bonds. The van der Waals surface area contributed by atoms with Crippen molar-refractivity contribution in [2.45, 2.75) is 12.5 Å². The Labute approximate surface area is 159 Å². The molecule has 0 saturated carbocycles. The van der Waals surface area contributed by atoms with Crippen LogP contribution in [0.15, 0.2) is 97.1 Å². The molecule has 1 aliphatic heterocycles. The first-order valence-corrected chi connectivity index (χ1v) is 9.57. The standard InChI is InChI=1S/C26H19N/c1-2-10-19(11-3-1)27-24-16-7-6-13-21(24)23-15-8-14-22-20-12-5-4-9-18(20)17-25(27)26(22)23/h1-16,25H,17H2. The molecule has 0 bridgehead atoms. The summed E-state index contributed by atoms with van der Waals surface area (Å²) in [5.74, 6) is 0. The quantitative estimate of drug-likeness (QED) is 0.368. The van der Waals surface area contributed by atoms with Gasteiger partial charge in [0, 0.05) is 16.9 Å². The summed E-state index contributed by atoms with van der Waals surface area (Å²) < 4.78 is 0. The fourth-order valence-electron chi connectivity index (χ4n) is 4.87. The van der Waals surface area contributed by atoms with E-state index >= 15 is 0 Å². The number of fused-ring (bicyclic) bond motifs is 4. The van der Waals surface area contributed by atoms with E-state index in [1.165, 1.54) is 44.8 Å². The number of hydrogen-bond acceptors (Lipinski definition) is 1. The molecule has 0 N–H and O–H groups in total. The van der Waals surface area contributed by atoms with Crippen LogP contribution in [0.25, 0.3) is 22.3 Å². The van der Waals surface area contributed by atoms with Crippen LogP contribution in [0.3, 0.4) is 0 Å². The molecule has 0 aromatic heterocycles. The van der Waals surface area contributed by atoms with Crippen molar-refractivity contribution >= 4 is 11.4 Å². The number of para-hydroxylation sites is 2. The van der Waals surface area contributed by atoms with Crippen molar-refractivity contribution in [3.63, 3.8) is 0 Å². The highest BCUT2D eigenvalue weighted by molar-refractivity contribution is 5.93. The third kappa shape index (κ3) is 2.06. The molecule has 0 spiro atoms. The van der Waals surface area contributed by atoms with Crippen molar-refractivity contribution < 1.29 is 0 Å². The maximum atomic E-state index is 2.54. The van der Waals surface area contributed by atoms with Gasteiger partial charge in [-0.05, 0) is 52.4 Å². The Morgan fingerprint density at radius 2 is 1.19 bits per heavy atom. The third-order valence-electron chi connectivity index (χ3n) is 5.96. The number of benzene rings is 4. The van der Waals surface area contributed by atoms with E-state index in [4.69, 9.17) is 0 Å². The van der Waals surface area contributed by atoms with Crippen LogP contribution < -0.4 is 4.90 Å². The lowest BCUT2D eigenvalue weighted by atomic mass is 9.75. The van der Waals surface area contributed by atoms with Gasteiger partial charge in [-0.25, -0.2) is 0 Å². The summed E-state index contributed by atoms with van der Waals surface area (Å²) in [4.78, 5) is 2.54. The van der Waals surface area contributed by atoms with Crippen LogP contribution in [-0.4, -0.2) is 0 Å². The van der Waals surface area contributed by atoms with Gasteiger partial charge < -0.3 is 4.90 Å². The highest BCUT2D eigenvalue weighted by Crippen LogP contribution is 2.54. The molecule has 27 heavy (non-hydrogen) atoms. The SMILES string of the molecule is c1ccc(N2c3ccccc3-c3cccc4c3C2Cc2ccccc2-4)cc1. The fourth-order valence-corrected chi connectivity index (χ4v) is 4.87. The molecule has 6 rings (SSSR count). The second-order valence-electron chi connectivity index (χ2n) is 7.37. The summed E-state index contributed by atoms with van der Waals surface area (Å²) in [6.45, 7) is 0. The van der Waals surface area contributed by atoms with Crippen molar-refractivity contribution in [3.8, 4) is 22.3 Å². The minimum absolute atomic E-state index is 0.323. The molecule has 1 heterocycles. The second kappa shape index (κ2) is 5.59. The van der Waals surface area contributed by atoms with E-state index in [1.807, 2.05) is 0 Å². The van der Waals surface area contributed by atoms with E-state index in [0.717, 1.165) is 6.42 Å². The minimum atomic E-state index is 0.323. The van der Waals surface area contributed by atoms with E-state index in [1.54, 1.807) is 0 Å². The van der Waals surface area contributed by atoms with Gasteiger partial charge in [0.25, 0.3) is 0 Å². The van der Waals surface area contributed by atoms with Crippen LogP contribution in [0.2, 0.25) is 0 Å². The number of rotatable bonds is 1. The van der Waals surface area contributed by atoms with E-state index in [-0.39, 0.29) is 0 Å². The molecule has 1 atom stereocenters. The molecule has 0 saturated heterocycles. The normalized spacial score (nSPS) is 16.3. The zero-order chi connectivity index (χ0) is 17.8. The smallest absolute Gasteiger partial charge is 0.0644 e. The third-order valence-corrected chi connectivity index (χ3v) is 5.96. The summed E-state index contributed by atoms with van der Waals surface area (Å²) in [6, 6.07) is 35.6. The molecular weight excluding hydrogens is 326 g/mol. The molecule has 0 radical (unpaired) electrons. The molecule has 1 aliphatic carbocycles. The van der Waals surface area contributed by atoms with Crippen molar-refractivity contribution in [2.24, 2.45) is 0 Å². The molecule has 4 aromatic carbocycles. The van der Waals surface area contributed by atoms with Gasteiger partial charge in [-0.3, -0.25) is 0 Å². The summed E-state index contributed by atoms with van der Waals surface area (Å²) in [5.41, 5.74) is 11.0. The fraction of sp³-hybridized carbons (Fsp3) is 0.0769. The van der Waals surface area contributed by atoms with Crippen LogP contribution in [0.4, 0.5) is 11.4 Å². The maximum absolute atomic E-state index is 2.54. The van der Waals surface area contributed by atoms with Crippen LogP contribution in [0.5, 0.6) is 0 Å². The predicted octanol–water partition coefficient (Wildman–Crippen LogP) is 6.77. The zero-order valence-electron chi connectivity index (χ0n) is 15.0. The Bertz CT molecular complexity index is 1150. The second-order valence-corrected chi connectivity index (χ2v) is 7.37. The monoisotopic (exact) mass is 345 g/mol. The lowest BCUT2D eigenvalue weighted by Crippen LogP contribution is -2.32. The van der Waals surface area contributed by atoms with Gasteiger partial charge in [0.05, 0.1) is 6.04 Å². The average molecular weight is 345 g/mol. The molecule has 2 aliphatic rings. The van der Waals surface area contributed by atoms with Gasteiger partial charge >= 0.3 is 0 Å². The topological polar surface area (TPSA) is 3.24 Å². The van der Waals surface area contributed by atoms with Gasteiger partial charge in [-0.1, -0.05) is 78.9 Å². The maximum Gasteiger partial charge on any atom is 0.0644 e. The largest absolute Gasteiger partial charge is 0.333 e. The number of hydrogen-bond donors (Lipinski definition) is 0. The highest BCUT2D eigenvalue weighted by atomic mass is 15.2. The lowest BCUT2D eigenvalue weighted by Gasteiger charge is -2.43. The Kier molecular flexibility index (Phi) is 3.06. The Morgan fingerprint density at radius 3 is 2.04 bits per heavy atom. The van der Waals surface area contributed by atoms with Crippen LogP contribution in [0.1, 0.15) is 17.2 Å². The first kappa shape index (κ1) is 14.8. The first-order chi connectivity index (χ1) is 13.4. The summed E-state index contributed by atoms with van der Waals surface area (Å²) in [5, 5.41) is 0. The number of anilines is 2. The van der Waals surface area contributed by atoms with Crippen molar-refractivity contribution in [1.29, 1.82) is 0 Å². The van der Waals surface area contributed by atoms with E-state index in [2.05, 4.69) is 102 Å². The Hall–Kier alpha value is -3.32. The van der Waals surface area contributed by atoms with Crippen molar-refractivity contribution in [2.75, 3.05) is 4.90 Å². The average Bonchev–Trinajstić information content (AvgIpc) is 2.75. The molecule has 4 aromatic rings. The van der Waals surface area contributed by atoms with Crippen LogP contribution in [-0.2, 0) is 6.42 Å². The molecule has 0 fully saturated rings. The van der Waals surface area contributed by atoms with E-state index < -0.39 is 0 Å². The highest BCUT2D eigenvalue weighted by Gasteiger charge is 2.36. The van der Waals surface area contributed by atoms with Crippen LogP contribution in [0, 0.1) is 0 Å². The van der Waals surface area contributed by atoms with Gasteiger partial charge in [-0.2, -0.15) is 0 Å². The summed E-state index contributed by atoms with van der Waals surface area (Å²) >= 11 is 0. The molecule has 128 valence electrons. The predicted molar refractivity (Wildman–Crippen MR) is 112 cm³/mol. The molecule has 1 nitrogen and oxygen atoms in total. The van der Waals surface area contributed by atoms with Gasteiger partial charge in [0.15, 0.2) is 0 Å². The van der Waals surface area contributed by atoms with Crippen molar-refractivity contribution in [1.82, 2.24) is 0 Å². The van der Waals surface area contributed by atoms with E-state index in [9.17, 15) is 0 Å². The van der Waals surface area contributed by atoms with E-state index in [0.29, 0.717) is 6.04 Å². The van der Waals surface area contributed by atoms with Gasteiger partial charge in [-0.15, -0.1) is 0 Å². The molecule has 1 unspecified atom stereocenters.